The first-order chi connectivity index (χ1) is 7.66. The number of aliphatic hydroxyl groups is 2. The van der Waals surface area contributed by atoms with Crippen molar-refractivity contribution in [2.45, 2.75) is 22.4 Å². The molecule has 1 aliphatic heterocycles. The van der Waals surface area contributed by atoms with Gasteiger partial charge in [0.25, 0.3) is 0 Å². The maximum Gasteiger partial charge on any atom is 0.123 e. The van der Waals surface area contributed by atoms with Crippen LogP contribution in [0.3, 0.4) is 0 Å². The quantitative estimate of drug-likeness (QED) is 0.712. The fourth-order valence-corrected chi connectivity index (χ4v) is 2.83. The van der Waals surface area contributed by atoms with Crippen LogP contribution in [-0.2, 0) is 0 Å². The van der Waals surface area contributed by atoms with Crippen LogP contribution in [0.5, 0.6) is 0 Å². The number of nitrogens with one attached hydrogen (secondary N) is 1. The molecule has 0 saturated carbocycles. The van der Waals surface area contributed by atoms with Crippen molar-refractivity contribution in [1.82, 2.24) is 5.32 Å². The van der Waals surface area contributed by atoms with Gasteiger partial charge in [-0.05, 0) is 24.3 Å². The van der Waals surface area contributed by atoms with Crippen LogP contribution < -0.4 is 5.32 Å². The lowest BCUT2D eigenvalue weighted by Gasteiger charge is -2.31. The number of halogens is 1. The lowest BCUT2D eigenvalue weighted by atomic mass is 10.1. The molecule has 1 saturated heterocycles. The Morgan fingerprint density at radius 3 is 2.56 bits per heavy atom. The second-order valence-corrected chi connectivity index (χ2v) is 5.14. The van der Waals surface area contributed by atoms with E-state index in [0.29, 0.717) is 13.1 Å². The minimum atomic E-state index is -0.740. The van der Waals surface area contributed by atoms with Crippen LogP contribution in [0.15, 0.2) is 29.2 Å². The van der Waals surface area contributed by atoms with Crippen molar-refractivity contribution in [2.75, 3.05) is 13.1 Å². The van der Waals surface area contributed by atoms with Crippen LogP contribution in [-0.4, -0.2) is 40.8 Å². The number of hydrogen-bond donors (Lipinski definition) is 3. The smallest absolute Gasteiger partial charge is 0.123 e. The normalized spacial score (nSPS) is 30.3. The van der Waals surface area contributed by atoms with Crippen LogP contribution >= 0.6 is 11.8 Å². The Hall–Kier alpha value is -0.620. The van der Waals surface area contributed by atoms with E-state index in [2.05, 4.69) is 5.32 Å². The van der Waals surface area contributed by atoms with Gasteiger partial charge in [0.05, 0.1) is 17.5 Å². The van der Waals surface area contributed by atoms with E-state index in [0.717, 1.165) is 4.90 Å². The van der Waals surface area contributed by atoms with Gasteiger partial charge in [-0.3, -0.25) is 0 Å². The van der Waals surface area contributed by atoms with Gasteiger partial charge >= 0.3 is 0 Å². The summed E-state index contributed by atoms with van der Waals surface area (Å²) in [7, 11) is 0. The molecule has 16 heavy (non-hydrogen) atoms. The van der Waals surface area contributed by atoms with Crippen LogP contribution in [0.2, 0.25) is 0 Å². The molecule has 0 unspecified atom stereocenters. The van der Waals surface area contributed by atoms with Gasteiger partial charge in [-0.2, -0.15) is 0 Å². The summed E-state index contributed by atoms with van der Waals surface area (Å²) in [6.07, 6.45) is -1.47. The number of hydrogen-bond acceptors (Lipinski definition) is 4. The fourth-order valence-electron chi connectivity index (χ4n) is 1.66. The minimum absolute atomic E-state index is 0.103. The lowest BCUT2D eigenvalue weighted by molar-refractivity contribution is 0.00465. The number of rotatable bonds is 2. The SMILES string of the molecule is O[C@H]1[C@H](O)CNC[C@@H]1Sc1ccc(F)cc1. The Morgan fingerprint density at radius 2 is 1.88 bits per heavy atom. The predicted octanol–water partition coefficient (Wildman–Crippen LogP) is 0.611. The largest absolute Gasteiger partial charge is 0.389 e. The van der Waals surface area contributed by atoms with Gasteiger partial charge in [-0.1, -0.05) is 0 Å². The molecule has 3 atom stereocenters. The van der Waals surface area contributed by atoms with Gasteiger partial charge in [-0.25, -0.2) is 4.39 Å². The first kappa shape index (κ1) is 11.9. The Balaban J connectivity index is 2.00. The van der Waals surface area contributed by atoms with Gasteiger partial charge in [-0.15, -0.1) is 11.8 Å². The van der Waals surface area contributed by atoms with Gasteiger partial charge in [0, 0.05) is 18.0 Å². The number of aliphatic hydroxyl groups excluding tert-OH is 2. The zero-order valence-corrected chi connectivity index (χ0v) is 9.45. The van der Waals surface area contributed by atoms with Crippen molar-refractivity contribution in [2.24, 2.45) is 0 Å². The molecule has 3 N–H and O–H groups in total. The second-order valence-electron chi connectivity index (χ2n) is 3.83. The van der Waals surface area contributed by atoms with Gasteiger partial charge < -0.3 is 15.5 Å². The Kier molecular flexibility index (Phi) is 3.81. The highest BCUT2D eigenvalue weighted by Gasteiger charge is 2.30. The zero-order valence-electron chi connectivity index (χ0n) is 8.64. The average Bonchev–Trinajstić information content (AvgIpc) is 2.28. The molecular weight excluding hydrogens is 229 g/mol. The third-order valence-electron chi connectivity index (χ3n) is 2.58. The summed E-state index contributed by atoms with van der Waals surface area (Å²) >= 11 is 1.45. The number of piperidine rings is 1. The molecule has 0 radical (unpaired) electrons. The highest BCUT2D eigenvalue weighted by atomic mass is 32.2. The van der Waals surface area contributed by atoms with Crippen LogP contribution in [0.4, 0.5) is 4.39 Å². The van der Waals surface area contributed by atoms with Crippen molar-refractivity contribution in [3.8, 4) is 0 Å². The van der Waals surface area contributed by atoms with E-state index in [1.54, 1.807) is 12.1 Å². The van der Waals surface area contributed by atoms with E-state index >= 15 is 0 Å². The Labute approximate surface area is 97.7 Å². The van der Waals surface area contributed by atoms with Gasteiger partial charge in [0.1, 0.15) is 5.82 Å². The molecule has 1 aliphatic rings. The van der Waals surface area contributed by atoms with E-state index in [9.17, 15) is 14.6 Å². The highest BCUT2D eigenvalue weighted by molar-refractivity contribution is 8.00. The van der Waals surface area contributed by atoms with Gasteiger partial charge in [0.15, 0.2) is 0 Å². The van der Waals surface area contributed by atoms with E-state index in [1.807, 2.05) is 0 Å². The second kappa shape index (κ2) is 5.14. The summed E-state index contributed by atoms with van der Waals surface area (Å²) in [4.78, 5) is 0.890. The maximum absolute atomic E-state index is 12.7. The third-order valence-corrected chi connectivity index (χ3v) is 3.87. The monoisotopic (exact) mass is 243 g/mol. The van der Waals surface area contributed by atoms with Crippen LogP contribution in [0, 0.1) is 5.82 Å². The molecule has 0 amide bonds. The van der Waals surface area contributed by atoms with E-state index in [-0.39, 0.29) is 11.1 Å². The van der Waals surface area contributed by atoms with E-state index < -0.39 is 12.2 Å². The molecule has 0 spiro atoms. The molecule has 2 rings (SSSR count). The summed E-state index contributed by atoms with van der Waals surface area (Å²) in [6.45, 7) is 1.06. The number of benzene rings is 1. The molecule has 0 aliphatic carbocycles. The highest BCUT2D eigenvalue weighted by Crippen LogP contribution is 2.27. The van der Waals surface area contributed by atoms with Crippen molar-refractivity contribution in [3.63, 3.8) is 0 Å². The third kappa shape index (κ3) is 2.74. The molecule has 0 bridgehead atoms. The summed E-state index contributed by atoms with van der Waals surface area (Å²) in [6, 6.07) is 6.13. The standard InChI is InChI=1S/C11H14FNO2S/c12-7-1-3-8(4-2-7)16-10-6-13-5-9(14)11(10)15/h1-4,9-11,13-15H,5-6H2/t9-,10+,11+/m1/s1. The van der Waals surface area contributed by atoms with Crippen LogP contribution in [0.1, 0.15) is 0 Å². The molecule has 3 nitrogen and oxygen atoms in total. The first-order valence-corrected chi connectivity index (χ1v) is 6.04. The molecule has 1 aromatic carbocycles. The maximum atomic E-state index is 12.7. The Bertz CT molecular complexity index is 346. The molecule has 1 heterocycles. The fraction of sp³-hybridized carbons (Fsp3) is 0.455. The molecular formula is C11H14FNO2S. The van der Waals surface area contributed by atoms with E-state index in [1.165, 1.54) is 23.9 Å². The van der Waals surface area contributed by atoms with Gasteiger partial charge in [0.2, 0.25) is 0 Å². The summed E-state index contributed by atoms with van der Waals surface area (Å²) in [5.74, 6) is -0.272. The summed E-state index contributed by atoms with van der Waals surface area (Å²) < 4.78 is 12.7. The minimum Gasteiger partial charge on any atom is -0.389 e. The van der Waals surface area contributed by atoms with Crippen molar-refractivity contribution < 1.29 is 14.6 Å². The molecule has 5 heteroatoms. The predicted molar refractivity (Wildman–Crippen MR) is 60.9 cm³/mol. The summed E-state index contributed by atoms with van der Waals surface area (Å²) in [5, 5.41) is 22.2. The average molecular weight is 243 g/mol. The summed E-state index contributed by atoms with van der Waals surface area (Å²) in [5.41, 5.74) is 0. The zero-order chi connectivity index (χ0) is 11.5. The molecule has 1 fully saturated rings. The Morgan fingerprint density at radius 1 is 1.19 bits per heavy atom. The lowest BCUT2D eigenvalue weighted by Crippen LogP contribution is -2.52. The number of β-amino-alcohol motifs (C(OH)–C–C–N with tert-alkyl or cyclic N) is 1. The topological polar surface area (TPSA) is 52.5 Å². The number of thioether (sulfide) groups is 1. The molecule has 0 aromatic heterocycles. The molecule has 88 valence electrons. The van der Waals surface area contributed by atoms with Crippen molar-refractivity contribution in [1.29, 1.82) is 0 Å². The van der Waals surface area contributed by atoms with Crippen molar-refractivity contribution in [3.05, 3.63) is 30.1 Å². The molecule has 1 aromatic rings. The first-order valence-electron chi connectivity index (χ1n) is 5.16. The van der Waals surface area contributed by atoms with Crippen LogP contribution in [0.25, 0.3) is 0 Å². The van der Waals surface area contributed by atoms with E-state index in [4.69, 9.17) is 0 Å². The van der Waals surface area contributed by atoms with Crippen molar-refractivity contribution >= 4 is 11.8 Å².